The lowest BCUT2D eigenvalue weighted by Crippen LogP contribution is -2.42. The van der Waals surface area contributed by atoms with Crippen LogP contribution < -0.4 is 15.8 Å². The standard InChI is InChI=1S/C15H23FN2O2/c1-4-15(5-2,9-17)10-18-14(19)12-7-6-11(20-3)8-13(12)16/h6-8H,4-5,9-10,17H2,1-3H3,(H,18,19). The van der Waals surface area contributed by atoms with Crippen LogP contribution in [0.5, 0.6) is 5.75 Å². The molecule has 4 nitrogen and oxygen atoms in total. The molecule has 0 aliphatic carbocycles. The Bertz CT molecular complexity index is 451. The fraction of sp³-hybridized carbons (Fsp3) is 0.533. The average molecular weight is 282 g/mol. The van der Waals surface area contributed by atoms with Gasteiger partial charge in [-0.3, -0.25) is 4.79 Å². The van der Waals surface area contributed by atoms with E-state index in [0.717, 1.165) is 12.8 Å². The zero-order valence-corrected chi connectivity index (χ0v) is 12.3. The van der Waals surface area contributed by atoms with Crippen LogP contribution in [-0.4, -0.2) is 26.1 Å². The number of ether oxygens (including phenoxy) is 1. The van der Waals surface area contributed by atoms with Crippen LogP contribution in [0.4, 0.5) is 4.39 Å². The van der Waals surface area contributed by atoms with Crippen molar-refractivity contribution in [3.05, 3.63) is 29.6 Å². The van der Waals surface area contributed by atoms with Crippen molar-refractivity contribution in [1.29, 1.82) is 0 Å². The van der Waals surface area contributed by atoms with Crippen molar-refractivity contribution in [2.75, 3.05) is 20.2 Å². The van der Waals surface area contributed by atoms with E-state index in [1.165, 1.54) is 19.2 Å². The number of nitrogens with two attached hydrogens (primary N) is 1. The Hall–Kier alpha value is -1.62. The molecule has 0 saturated heterocycles. The van der Waals surface area contributed by atoms with Gasteiger partial charge < -0.3 is 15.8 Å². The Balaban J connectivity index is 2.77. The largest absolute Gasteiger partial charge is 0.497 e. The van der Waals surface area contributed by atoms with Gasteiger partial charge >= 0.3 is 0 Å². The van der Waals surface area contributed by atoms with Crippen LogP contribution in [-0.2, 0) is 0 Å². The third-order valence-corrected chi connectivity index (χ3v) is 3.98. The van der Waals surface area contributed by atoms with Crippen molar-refractivity contribution in [3.63, 3.8) is 0 Å². The van der Waals surface area contributed by atoms with Crippen LogP contribution in [0, 0.1) is 11.2 Å². The summed E-state index contributed by atoms with van der Waals surface area (Å²) in [6.45, 7) is 5.01. The first-order valence-electron chi connectivity index (χ1n) is 6.83. The molecule has 3 N–H and O–H groups in total. The van der Waals surface area contributed by atoms with Crippen LogP contribution in [0.15, 0.2) is 18.2 Å². The van der Waals surface area contributed by atoms with Gasteiger partial charge in [0.05, 0.1) is 12.7 Å². The van der Waals surface area contributed by atoms with Crippen molar-refractivity contribution >= 4 is 5.91 Å². The highest BCUT2D eigenvalue weighted by atomic mass is 19.1. The molecule has 1 amide bonds. The van der Waals surface area contributed by atoms with E-state index in [1.54, 1.807) is 6.07 Å². The molecular formula is C15H23FN2O2. The number of methoxy groups -OCH3 is 1. The van der Waals surface area contributed by atoms with Crippen molar-refractivity contribution in [3.8, 4) is 5.75 Å². The van der Waals surface area contributed by atoms with E-state index in [-0.39, 0.29) is 11.0 Å². The summed E-state index contributed by atoms with van der Waals surface area (Å²) in [5, 5.41) is 2.77. The van der Waals surface area contributed by atoms with Gasteiger partial charge in [0.25, 0.3) is 5.91 Å². The Kier molecular flexibility index (Phi) is 5.95. The number of rotatable bonds is 7. The van der Waals surface area contributed by atoms with Crippen LogP contribution in [0.3, 0.4) is 0 Å². The molecule has 0 atom stereocenters. The molecule has 5 heteroatoms. The molecule has 1 aromatic carbocycles. The number of hydrogen-bond donors (Lipinski definition) is 2. The quantitative estimate of drug-likeness (QED) is 0.806. The van der Waals surface area contributed by atoms with Gasteiger partial charge in [0.2, 0.25) is 0 Å². The van der Waals surface area contributed by atoms with E-state index in [0.29, 0.717) is 18.8 Å². The van der Waals surface area contributed by atoms with E-state index in [2.05, 4.69) is 5.32 Å². The Morgan fingerprint density at radius 2 is 2.05 bits per heavy atom. The highest BCUT2D eigenvalue weighted by molar-refractivity contribution is 5.94. The Labute approximate surface area is 119 Å². The van der Waals surface area contributed by atoms with Gasteiger partial charge in [-0.1, -0.05) is 13.8 Å². The summed E-state index contributed by atoms with van der Waals surface area (Å²) in [7, 11) is 1.45. The molecule has 0 aliphatic rings. The van der Waals surface area contributed by atoms with Crippen LogP contribution in [0.1, 0.15) is 37.0 Å². The molecule has 0 fully saturated rings. The lowest BCUT2D eigenvalue weighted by molar-refractivity contribution is 0.0924. The van der Waals surface area contributed by atoms with Crippen LogP contribution in [0.25, 0.3) is 0 Å². The minimum absolute atomic E-state index is 0.0175. The van der Waals surface area contributed by atoms with Crippen LogP contribution in [0.2, 0.25) is 0 Å². The van der Waals surface area contributed by atoms with E-state index >= 15 is 0 Å². The van der Waals surface area contributed by atoms with E-state index in [4.69, 9.17) is 10.5 Å². The Morgan fingerprint density at radius 1 is 1.40 bits per heavy atom. The second-order valence-corrected chi connectivity index (χ2v) is 4.94. The predicted molar refractivity (Wildman–Crippen MR) is 77.4 cm³/mol. The molecule has 0 heterocycles. The molecule has 0 aromatic heterocycles. The molecule has 0 bridgehead atoms. The van der Waals surface area contributed by atoms with Gasteiger partial charge in [-0.2, -0.15) is 0 Å². The van der Waals surface area contributed by atoms with Gasteiger partial charge in [0, 0.05) is 12.6 Å². The van der Waals surface area contributed by atoms with Crippen molar-refractivity contribution in [2.24, 2.45) is 11.1 Å². The SMILES string of the molecule is CCC(CC)(CN)CNC(=O)c1ccc(OC)cc1F. The van der Waals surface area contributed by atoms with Crippen molar-refractivity contribution in [1.82, 2.24) is 5.32 Å². The zero-order valence-electron chi connectivity index (χ0n) is 12.3. The molecule has 0 spiro atoms. The first-order chi connectivity index (χ1) is 9.51. The summed E-state index contributed by atoms with van der Waals surface area (Å²) in [5.74, 6) is -0.629. The van der Waals surface area contributed by atoms with Gasteiger partial charge in [-0.25, -0.2) is 4.39 Å². The molecule has 0 unspecified atom stereocenters. The first-order valence-corrected chi connectivity index (χ1v) is 6.83. The third kappa shape index (κ3) is 3.70. The molecule has 1 rings (SSSR count). The number of amides is 1. The first kappa shape index (κ1) is 16.4. The summed E-state index contributed by atoms with van der Waals surface area (Å²) in [6.07, 6.45) is 1.73. The summed E-state index contributed by atoms with van der Waals surface area (Å²) < 4.78 is 18.7. The maximum Gasteiger partial charge on any atom is 0.254 e. The summed E-state index contributed by atoms with van der Waals surface area (Å²) in [5.41, 5.74) is 5.67. The fourth-order valence-corrected chi connectivity index (χ4v) is 2.03. The summed E-state index contributed by atoms with van der Waals surface area (Å²) in [6, 6.07) is 4.18. The van der Waals surface area contributed by atoms with E-state index in [1.807, 2.05) is 13.8 Å². The van der Waals surface area contributed by atoms with E-state index in [9.17, 15) is 9.18 Å². The minimum Gasteiger partial charge on any atom is -0.497 e. The smallest absolute Gasteiger partial charge is 0.254 e. The maximum absolute atomic E-state index is 13.8. The molecule has 20 heavy (non-hydrogen) atoms. The van der Waals surface area contributed by atoms with Crippen molar-refractivity contribution < 1.29 is 13.9 Å². The predicted octanol–water partition coefficient (Wildman–Crippen LogP) is 2.33. The second-order valence-electron chi connectivity index (χ2n) is 4.94. The van der Waals surface area contributed by atoms with Crippen LogP contribution >= 0.6 is 0 Å². The van der Waals surface area contributed by atoms with Crippen molar-refractivity contribution in [2.45, 2.75) is 26.7 Å². The highest BCUT2D eigenvalue weighted by Gasteiger charge is 2.25. The van der Waals surface area contributed by atoms with Gasteiger partial charge in [0.1, 0.15) is 11.6 Å². The molecule has 0 radical (unpaired) electrons. The van der Waals surface area contributed by atoms with Gasteiger partial charge in [0.15, 0.2) is 0 Å². The summed E-state index contributed by atoms with van der Waals surface area (Å²) in [4.78, 5) is 12.0. The minimum atomic E-state index is -0.590. The topological polar surface area (TPSA) is 64.3 Å². The molecule has 0 saturated carbocycles. The van der Waals surface area contributed by atoms with Gasteiger partial charge in [-0.15, -0.1) is 0 Å². The number of benzene rings is 1. The molecule has 112 valence electrons. The Morgan fingerprint density at radius 3 is 2.50 bits per heavy atom. The summed E-state index contributed by atoms with van der Waals surface area (Å²) >= 11 is 0. The number of carbonyl (C=O) groups excluding carboxylic acids is 1. The third-order valence-electron chi connectivity index (χ3n) is 3.98. The number of halogens is 1. The maximum atomic E-state index is 13.8. The molecular weight excluding hydrogens is 259 g/mol. The zero-order chi connectivity index (χ0) is 15.2. The highest BCUT2D eigenvalue weighted by Crippen LogP contribution is 2.24. The molecule has 0 aliphatic heterocycles. The normalized spacial score (nSPS) is 11.2. The van der Waals surface area contributed by atoms with E-state index < -0.39 is 11.7 Å². The average Bonchev–Trinajstić information content (AvgIpc) is 2.48. The van der Waals surface area contributed by atoms with Gasteiger partial charge in [-0.05, 0) is 36.9 Å². The molecule has 1 aromatic rings. The number of hydrogen-bond acceptors (Lipinski definition) is 3. The lowest BCUT2D eigenvalue weighted by Gasteiger charge is -2.30. The lowest BCUT2D eigenvalue weighted by atomic mass is 9.82. The second kappa shape index (κ2) is 7.24. The number of carbonyl (C=O) groups is 1. The fourth-order valence-electron chi connectivity index (χ4n) is 2.03. The number of nitrogens with one attached hydrogen (secondary N) is 1. The monoisotopic (exact) mass is 282 g/mol.